The first-order valence-electron chi connectivity index (χ1n) is 8.18. The summed E-state index contributed by atoms with van der Waals surface area (Å²) in [6.07, 6.45) is 0. The molecule has 0 fully saturated rings. The van der Waals surface area contributed by atoms with Crippen molar-refractivity contribution in [3.8, 4) is 0 Å². The molecule has 1 amide bonds. The summed E-state index contributed by atoms with van der Waals surface area (Å²) in [6.45, 7) is 1.31. The lowest BCUT2D eigenvalue weighted by atomic mass is 10.2. The average molecular weight is 429 g/mol. The Balaban J connectivity index is 2.01. The minimum absolute atomic E-state index is 0.0508. The molecule has 0 heterocycles. The minimum Gasteiger partial charge on any atom is -0.351 e. The van der Waals surface area contributed by atoms with Gasteiger partial charge in [0.05, 0.1) is 16.3 Å². The summed E-state index contributed by atoms with van der Waals surface area (Å²) in [5, 5.41) is 7.58. The standard InChI is InChI=1S/C17H20FN3O5S2/c1-2-21(28(25,26)16-9-5-14(18)6-10-16)12-17(22)20-11-13-3-7-15(8-4-13)27(19,23)24/h3-10H,2,11-12H2,1H3,(H,20,22)(H2,19,23,24). The number of carbonyl (C=O) groups excluding carboxylic acids is 1. The van der Waals surface area contributed by atoms with E-state index in [1.165, 1.54) is 24.3 Å². The third kappa shape index (κ3) is 5.58. The van der Waals surface area contributed by atoms with Crippen molar-refractivity contribution in [2.24, 2.45) is 5.14 Å². The smallest absolute Gasteiger partial charge is 0.243 e. The van der Waals surface area contributed by atoms with E-state index in [4.69, 9.17) is 5.14 Å². The van der Waals surface area contributed by atoms with Crippen molar-refractivity contribution in [1.29, 1.82) is 0 Å². The van der Waals surface area contributed by atoms with Crippen LogP contribution < -0.4 is 10.5 Å². The summed E-state index contributed by atoms with van der Waals surface area (Å²) < 4.78 is 61.6. The molecule has 0 aliphatic rings. The second-order valence-electron chi connectivity index (χ2n) is 5.85. The van der Waals surface area contributed by atoms with E-state index in [0.717, 1.165) is 28.6 Å². The van der Waals surface area contributed by atoms with E-state index in [-0.39, 0.29) is 22.9 Å². The van der Waals surface area contributed by atoms with Gasteiger partial charge in [-0.25, -0.2) is 26.4 Å². The van der Waals surface area contributed by atoms with E-state index >= 15 is 0 Å². The molecule has 2 aromatic rings. The van der Waals surface area contributed by atoms with Crippen LogP contribution in [-0.2, 0) is 31.4 Å². The van der Waals surface area contributed by atoms with Gasteiger partial charge in [-0.05, 0) is 42.0 Å². The summed E-state index contributed by atoms with van der Waals surface area (Å²) in [4.78, 5) is 12.0. The average Bonchev–Trinajstić information content (AvgIpc) is 2.64. The molecule has 2 aromatic carbocycles. The molecule has 0 aromatic heterocycles. The van der Waals surface area contributed by atoms with Crippen LogP contribution in [0.4, 0.5) is 4.39 Å². The molecule has 0 spiro atoms. The molecule has 0 aliphatic heterocycles. The van der Waals surface area contributed by atoms with Crippen LogP contribution in [0.2, 0.25) is 0 Å². The zero-order valence-corrected chi connectivity index (χ0v) is 16.6. The van der Waals surface area contributed by atoms with Gasteiger partial charge in [-0.1, -0.05) is 19.1 Å². The molecule has 2 rings (SSSR count). The number of benzene rings is 2. The maximum Gasteiger partial charge on any atom is 0.243 e. The maximum atomic E-state index is 13.0. The second-order valence-corrected chi connectivity index (χ2v) is 9.35. The Labute approximate surface area is 163 Å². The normalized spacial score (nSPS) is 12.1. The zero-order chi connectivity index (χ0) is 20.9. The summed E-state index contributed by atoms with van der Waals surface area (Å²) >= 11 is 0. The molecular formula is C17H20FN3O5S2. The topological polar surface area (TPSA) is 127 Å². The molecule has 0 atom stereocenters. The fourth-order valence-corrected chi connectivity index (χ4v) is 4.26. The van der Waals surface area contributed by atoms with Gasteiger partial charge in [0.15, 0.2) is 0 Å². The molecule has 0 radical (unpaired) electrons. The Kier molecular flexibility index (Phi) is 6.88. The summed E-state index contributed by atoms with van der Waals surface area (Å²) in [7, 11) is -7.74. The van der Waals surface area contributed by atoms with Crippen LogP contribution in [-0.4, -0.2) is 40.1 Å². The van der Waals surface area contributed by atoms with Crippen molar-refractivity contribution in [1.82, 2.24) is 9.62 Å². The van der Waals surface area contributed by atoms with Gasteiger partial charge in [0.1, 0.15) is 5.82 Å². The van der Waals surface area contributed by atoms with Crippen molar-refractivity contribution in [3.63, 3.8) is 0 Å². The van der Waals surface area contributed by atoms with E-state index in [2.05, 4.69) is 5.32 Å². The lowest BCUT2D eigenvalue weighted by Gasteiger charge is -2.20. The number of likely N-dealkylation sites (N-methyl/N-ethyl adjacent to an activating group) is 1. The van der Waals surface area contributed by atoms with E-state index in [1.54, 1.807) is 6.92 Å². The van der Waals surface area contributed by atoms with Gasteiger partial charge in [0.25, 0.3) is 0 Å². The number of nitrogens with zero attached hydrogens (tertiary/aromatic N) is 1. The summed E-state index contributed by atoms with van der Waals surface area (Å²) in [5.74, 6) is -1.10. The van der Waals surface area contributed by atoms with E-state index in [9.17, 15) is 26.0 Å². The van der Waals surface area contributed by atoms with E-state index < -0.39 is 38.3 Å². The van der Waals surface area contributed by atoms with Crippen molar-refractivity contribution < 1.29 is 26.0 Å². The Morgan fingerprint density at radius 3 is 2.04 bits per heavy atom. The first kappa shape index (κ1) is 22.0. The van der Waals surface area contributed by atoms with Crippen LogP contribution in [0.25, 0.3) is 0 Å². The molecule has 3 N–H and O–H groups in total. The highest BCUT2D eigenvalue weighted by Crippen LogP contribution is 2.16. The molecule has 8 nitrogen and oxygen atoms in total. The first-order valence-corrected chi connectivity index (χ1v) is 11.2. The third-order valence-electron chi connectivity index (χ3n) is 3.87. The number of nitrogens with one attached hydrogen (secondary N) is 1. The van der Waals surface area contributed by atoms with Crippen LogP contribution in [0.15, 0.2) is 58.3 Å². The van der Waals surface area contributed by atoms with Gasteiger partial charge in [-0.15, -0.1) is 0 Å². The Morgan fingerprint density at radius 1 is 1.00 bits per heavy atom. The first-order chi connectivity index (χ1) is 13.0. The Hall–Kier alpha value is -2.34. The van der Waals surface area contributed by atoms with Crippen molar-refractivity contribution >= 4 is 26.0 Å². The molecular weight excluding hydrogens is 409 g/mol. The number of rotatable bonds is 8. The van der Waals surface area contributed by atoms with Crippen LogP contribution in [0.5, 0.6) is 0 Å². The van der Waals surface area contributed by atoms with Crippen molar-refractivity contribution in [2.75, 3.05) is 13.1 Å². The van der Waals surface area contributed by atoms with Crippen LogP contribution in [0.1, 0.15) is 12.5 Å². The molecule has 11 heteroatoms. The molecule has 0 bridgehead atoms. The number of halogens is 1. The second kappa shape index (κ2) is 8.78. The predicted molar refractivity (Wildman–Crippen MR) is 100 cm³/mol. The van der Waals surface area contributed by atoms with Crippen LogP contribution in [0, 0.1) is 5.82 Å². The highest BCUT2D eigenvalue weighted by molar-refractivity contribution is 7.89. The number of sulfonamides is 2. The monoisotopic (exact) mass is 429 g/mol. The number of carbonyl (C=O) groups is 1. The van der Waals surface area contributed by atoms with Gasteiger partial charge in [0, 0.05) is 13.1 Å². The SMILES string of the molecule is CCN(CC(=O)NCc1ccc(S(N)(=O)=O)cc1)S(=O)(=O)c1ccc(F)cc1. The van der Waals surface area contributed by atoms with Gasteiger partial charge in [-0.3, -0.25) is 4.79 Å². The zero-order valence-electron chi connectivity index (χ0n) is 15.0. The van der Waals surface area contributed by atoms with Crippen molar-refractivity contribution in [2.45, 2.75) is 23.3 Å². The fraction of sp³-hybridized carbons (Fsp3) is 0.235. The van der Waals surface area contributed by atoms with Gasteiger partial charge in [-0.2, -0.15) is 4.31 Å². The molecule has 28 heavy (non-hydrogen) atoms. The van der Waals surface area contributed by atoms with Crippen LogP contribution >= 0.6 is 0 Å². The molecule has 0 unspecified atom stereocenters. The van der Waals surface area contributed by atoms with E-state index in [0.29, 0.717) is 5.56 Å². The number of hydrogen-bond donors (Lipinski definition) is 2. The number of nitrogens with two attached hydrogens (primary N) is 1. The number of primary sulfonamides is 1. The van der Waals surface area contributed by atoms with Crippen LogP contribution in [0.3, 0.4) is 0 Å². The number of hydrogen-bond acceptors (Lipinski definition) is 5. The highest BCUT2D eigenvalue weighted by atomic mass is 32.2. The Bertz CT molecular complexity index is 1040. The third-order valence-corrected chi connectivity index (χ3v) is 6.73. The minimum atomic E-state index is -3.94. The predicted octanol–water partition coefficient (Wildman–Crippen LogP) is 0.800. The van der Waals surface area contributed by atoms with Gasteiger partial charge < -0.3 is 5.32 Å². The van der Waals surface area contributed by atoms with E-state index in [1.807, 2.05) is 0 Å². The molecule has 0 saturated heterocycles. The quantitative estimate of drug-likeness (QED) is 0.642. The summed E-state index contributed by atoms with van der Waals surface area (Å²) in [6, 6.07) is 9.95. The molecule has 0 aliphatic carbocycles. The Morgan fingerprint density at radius 2 is 1.54 bits per heavy atom. The van der Waals surface area contributed by atoms with Crippen molar-refractivity contribution in [3.05, 3.63) is 59.9 Å². The van der Waals surface area contributed by atoms with Gasteiger partial charge >= 0.3 is 0 Å². The lowest BCUT2D eigenvalue weighted by Crippen LogP contribution is -2.40. The highest BCUT2D eigenvalue weighted by Gasteiger charge is 2.25. The fourth-order valence-electron chi connectivity index (χ4n) is 2.34. The molecule has 152 valence electrons. The summed E-state index contributed by atoms with van der Waals surface area (Å²) in [5.41, 5.74) is 0.616. The maximum absolute atomic E-state index is 13.0. The molecule has 0 saturated carbocycles. The number of amides is 1. The largest absolute Gasteiger partial charge is 0.351 e. The van der Waals surface area contributed by atoms with Gasteiger partial charge in [0.2, 0.25) is 26.0 Å². The lowest BCUT2D eigenvalue weighted by molar-refractivity contribution is -0.121.